The van der Waals surface area contributed by atoms with Gasteiger partial charge in [0.25, 0.3) is 11.6 Å². The standard InChI is InChI=1S/C18H19N3O5/c1-3-12-6-4-5-11(2)17(12)20-16(22)10-26-18(23)13-7-8-14(19)15(9-13)21(24)25/h4-9H,3,10,19H2,1-2H3,(H,20,22). The molecule has 8 heteroatoms. The molecule has 26 heavy (non-hydrogen) atoms. The van der Waals surface area contributed by atoms with Crippen molar-refractivity contribution in [3.63, 3.8) is 0 Å². The summed E-state index contributed by atoms with van der Waals surface area (Å²) in [5.74, 6) is -1.34. The molecule has 136 valence electrons. The van der Waals surface area contributed by atoms with Gasteiger partial charge in [0.2, 0.25) is 0 Å². The van der Waals surface area contributed by atoms with Gasteiger partial charge in [-0.3, -0.25) is 14.9 Å². The number of hydrogen-bond donors (Lipinski definition) is 2. The Bertz CT molecular complexity index is 864. The highest BCUT2D eigenvalue weighted by Crippen LogP contribution is 2.23. The number of ether oxygens (including phenoxy) is 1. The zero-order valence-electron chi connectivity index (χ0n) is 14.4. The Balaban J connectivity index is 2.03. The number of hydrogen-bond acceptors (Lipinski definition) is 6. The van der Waals surface area contributed by atoms with Crippen molar-refractivity contribution >= 4 is 28.9 Å². The van der Waals surface area contributed by atoms with Crippen molar-refractivity contribution in [1.82, 2.24) is 0 Å². The van der Waals surface area contributed by atoms with Crippen molar-refractivity contribution in [2.24, 2.45) is 0 Å². The number of anilines is 2. The number of nitrogens with one attached hydrogen (secondary N) is 1. The number of nitrogens with two attached hydrogens (primary N) is 1. The van der Waals surface area contributed by atoms with Crippen LogP contribution in [0.1, 0.15) is 28.4 Å². The smallest absolute Gasteiger partial charge is 0.338 e. The highest BCUT2D eigenvalue weighted by atomic mass is 16.6. The highest BCUT2D eigenvalue weighted by Gasteiger charge is 2.18. The summed E-state index contributed by atoms with van der Waals surface area (Å²) >= 11 is 0. The molecule has 0 bridgehead atoms. The van der Waals surface area contributed by atoms with E-state index in [0.717, 1.165) is 23.6 Å². The number of carbonyl (C=O) groups is 2. The predicted molar refractivity (Wildman–Crippen MR) is 97.0 cm³/mol. The van der Waals surface area contributed by atoms with Gasteiger partial charge in [0.1, 0.15) is 5.69 Å². The van der Waals surface area contributed by atoms with E-state index in [9.17, 15) is 19.7 Å². The number of amides is 1. The molecule has 0 aliphatic carbocycles. The SMILES string of the molecule is CCc1cccc(C)c1NC(=O)COC(=O)c1ccc(N)c([N+](=O)[O-])c1. The molecule has 8 nitrogen and oxygen atoms in total. The Hall–Kier alpha value is -3.42. The van der Waals surface area contributed by atoms with Crippen LogP contribution in [-0.2, 0) is 16.0 Å². The molecule has 0 radical (unpaired) electrons. The maximum atomic E-state index is 12.1. The summed E-state index contributed by atoms with van der Waals surface area (Å²) in [5.41, 5.74) is 7.54. The number of aryl methyl sites for hydroxylation is 2. The minimum Gasteiger partial charge on any atom is -0.452 e. The van der Waals surface area contributed by atoms with Crippen molar-refractivity contribution < 1.29 is 19.2 Å². The first-order valence-electron chi connectivity index (χ1n) is 7.92. The first-order valence-corrected chi connectivity index (χ1v) is 7.92. The fourth-order valence-electron chi connectivity index (χ4n) is 2.42. The average Bonchev–Trinajstić information content (AvgIpc) is 2.61. The minimum atomic E-state index is -0.844. The molecule has 0 spiro atoms. The summed E-state index contributed by atoms with van der Waals surface area (Å²) in [6, 6.07) is 9.25. The van der Waals surface area contributed by atoms with Crippen LogP contribution in [-0.4, -0.2) is 23.4 Å². The van der Waals surface area contributed by atoms with Gasteiger partial charge in [0.05, 0.1) is 10.5 Å². The van der Waals surface area contributed by atoms with Gasteiger partial charge in [-0.2, -0.15) is 0 Å². The number of carbonyl (C=O) groups excluding carboxylic acids is 2. The molecule has 0 saturated carbocycles. The van der Waals surface area contributed by atoms with Crippen LogP contribution in [0.2, 0.25) is 0 Å². The lowest BCUT2D eigenvalue weighted by Crippen LogP contribution is -2.22. The fraction of sp³-hybridized carbons (Fsp3) is 0.222. The molecule has 0 fully saturated rings. The largest absolute Gasteiger partial charge is 0.452 e. The molecule has 2 aromatic carbocycles. The second-order valence-electron chi connectivity index (χ2n) is 5.62. The van der Waals surface area contributed by atoms with Crippen LogP contribution >= 0.6 is 0 Å². The number of nitro benzene ring substituents is 1. The van der Waals surface area contributed by atoms with Crippen LogP contribution in [0.15, 0.2) is 36.4 Å². The van der Waals surface area contributed by atoms with Crippen molar-refractivity contribution in [2.75, 3.05) is 17.7 Å². The highest BCUT2D eigenvalue weighted by molar-refractivity contribution is 5.97. The van der Waals surface area contributed by atoms with Crippen LogP contribution in [0.4, 0.5) is 17.1 Å². The number of para-hydroxylation sites is 1. The third-order valence-electron chi connectivity index (χ3n) is 3.80. The van der Waals surface area contributed by atoms with Crippen LogP contribution in [0, 0.1) is 17.0 Å². The Labute approximate surface area is 150 Å². The van der Waals surface area contributed by atoms with E-state index >= 15 is 0 Å². The van der Waals surface area contributed by atoms with Crippen molar-refractivity contribution in [1.29, 1.82) is 0 Å². The van der Waals surface area contributed by atoms with Gasteiger partial charge in [-0.05, 0) is 36.6 Å². The van der Waals surface area contributed by atoms with E-state index in [1.54, 1.807) is 0 Å². The van der Waals surface area contributed by atoms with Gasteiger partial charge >= 0.3 is 5.97 Å². The molecule has 2 aromatic rings. The van der Waals surface area contributed by atoms with Crippen LogP contribution in [0.25, 0.3) is 0 Å². The third kappa shape index (κ3) is 4.35. The third-order valence-corrected chi connectivity index (χ3v) is 3.80. The van der Waals surface area contributed by atoms with Crippen LogP contribution < -0.4 is 11.1 Å². The lowest BCUT2D eigenvalue weighted by molar-refractivity contribution is -0.383. The Kier molecular flexibility index (Phi) is 5.90. The number of benzene rings is 2. The molecule has 0 unspecified atom stereocenters. The summed E-state index contributed by atoms with van der Waals surface area (Å²) in [6.45, 7) is 3.33. The summed E-state index contributed by atoms with van der Waals surface area (Å²) < 4.78 is 4.94. The lowest BCUT2D eigenvalue weighted by atomic mass is 10.1. The topological polar surface area (TPSA) is 125 Å². The first-order chi connectivity index (χ1) is 12.3. The van der Waals surface area contributed by atoms with E-state index in [2.05, 4.69) is 5.32 Å². The average molecular weight is 357 g/mol. The number of nitrogen functional groups attached to an aromatic ring is 1. The fourth-order valence-corrected chi connectivity index (χ4v) is 2.42. The number of nitrogens with zero attached hydrogens (tertiary/aromatic N) is 1. The Morgan fingerprint density at radius 3 is 2.65 bits per heavy atom. The van der Waals surface area contributed by atoms with Gasteiger partial charge in [0, 0.05) is 11.8 Å². The summed E-state index contributed by atoms with van der Waals surface area (Å²) in [5, 5.41) is 13.6. The maximum Gasteiger partial charge on any atom is 0.338 e. The van der Waals surface area contributed by atoms with E-state index in [4.69, 9.17) is 10.5 Å². The van der Waals surface area contributed by atoms with Crippen molar-refractivity contribution in [3.05, 3.63) is 63.2 Å². The van der Waals surface area contributed by atoms with E-state index in [0.29, 0.717) is 5.69 Å². The monoisotopic (exact) mass is 357 g/mol. The minimum absolute atomic E-state index is 0.0520. The lowest BCUT2D eigenvalue weighted by Gasteiger charge is -2.13. The normalized spacial score (nSPS) is 10.2. The van der Waals surface area contributed by atoms with E-state index in [1.165, 1.54) is 12.1 Å². The molecule has 0 heterocycles. The second kappa shape index (κ2) is 8.11. The Morgan fingerprint density at radius 1 is 1.27 bits per heavy atom. The van der Waals surface area contributed by atoms with Crippen LogP contribution in [0.3, 0.4) is 0 Å². The quantitative estimate of drug-likeness (QED) is 0.354. The van der Waals surface area contributed by atoms with Crippen molar-refractivity contribution in [2.45, 2.75) is 20.3 Å². The van der Waals surface area contributed by atoms with Gasteiger partial charge in [-0.25, -0.2) is 4.79 Å². The molecule has 0 aliphatic heterocycles. The summed E-state index contributed by atoms with van der Waals surface area (Å²) in [6.07, 6.45) is 0.742. The summed E-state index contributed by atoms with van der Waals surface area (Å²) in [7, 11) is 0. The summed E-state index contributed by atoms with van der Waals surface area (Å²) in [4.78, 5) is 34.3. The number of esters is 1. The zero-order chi connectivity index (χ0) is 19.3. The van der Waals surface area contributed by atoms with Gasteiger partial charge in [0.15, 0.2) is 6.61 Å². The molecule has 0 atom stereocenters. The molecular formula is C18H19N3O5. The molecular weight excluding hydrogens is 338 g/mol. The first kappa shape index (κ1) is 18.9. The van der Waals surface area contributed by atoms with Crippen molar-refractivity contribution in [3.8, 4) is 0 Å². The molecule has 1 amide bonds. The number of rotatable bonds is 6. The second-order valence-corrected chi connectivity index (χ2v) is 5.62. The van der Waals surface area contributed by atoms with E-state index < -0.39 is 29.1 Å². The predicted octanol–water partition coefficient (Wildman–Crippen LogP) is 2.84. The molecule has 3 N–H and O–H groups in total. The molecule has 0 aromatic heterocycles. The maximum absolute atomic E-state index is 12.1. The number of nitro groups is 1. The zero-order valence-corrected chi connectivity index (χ0v) is 14.4. The van der Waals surface area contributed by atoms with Gasteiger partial charge in [-0.15, -0.1) is 0 Å². The van der Waals surface area contributed by atoms with Gasteiger partial charge in [-0.1, -0.05) is 25.1 Å². The Morgan fingerprint density at radius 2 is 2.00 bits per heavy atom. The van der Waals surface area contributed by atoms with Gasteiger partial charge < -0.3 is 15.8 Å². The van der Waals surface area contributed by atoms with E-state index in [-0.39, 0.29) is 11.3 Å². The molecule has 2 rings (SSSR count). The van der Waals surface area contributed by atoms with E-state index in [1.807, 2.05) is 32.0 Å². The molecule has 0 aliphatic rings. The molecule has 0 saturated heterocycles. The van der Waals surface area contributed by atoms with Crippen LogP contribution in [0.5, 0.6) is 0 Å².